The number of nitrogens with zero attached hydrogens (tertiary/aromatic N) is 1. The minimum atomic E-state index is -0.364. The summed E-state index contributed by atoms with van der Waals surface area (Å²) in [4.78, 5) is 16.4. The number of carbonyl (C=O) groups excluding carboxylic acids is 1. The first-order valence-electron chi connectivity index (χ1n) is 7.71. The number of hydrogen-bond donors (Lipinski definition) is 2. The average molecular weight is 390 g/mol. The summed E-state index contributed by atoms with van der Waals surface area (Å²) in [5.41, 5.74) is 1.93. The maximum Gasteiger partial charge on any atom is 0.253 e. The van der Waals surface area contributed by atoms with Crippen LogP contribution in [0.5, 0.6) is 0 Å². The molecule has 3 aromatic rings. The highest BCUT2D eigenvalue weighted by Crippen LogP contribution is 2.28. The second-order valence-corrected chi connectivity index (χ2v) is 6.33. The molecule has 1 heterocycles. The molecule has 0 spiro atoms. The highest BCUT2D eigenvalue weighted by molar-refractivity contribution is 6.35. The number of pyridine rings is 1. The van der Waals surface area contributed by atoms with Gasteiger partial charge < -0.3 is 10.6 Å². The van der Waals surface area contributed by atoms with Crippen molar-refractivity contribution in [1.82, 2.24) is 10.3 Å². The van der Waals surface area contributed by atoms with Gasteiger partial charge in [-0.1, -0.05) is 41.4 Å². The number of benzene rings is 2. The fourth-order valence-corrected chi connectivity index (χ4v) is 2.64. The summed E-state index contributed by atoms with van der Waals surface area (Å²) in [5, 5.41) is 6.77. The van der Waals surface area contributed by atoms with Crippen LogP contribution in [0.4, 0.5) is 15.8 Å². The Morgan fingerprint density at radius 2 is 1.88 bits per heavy atom. The van der Waals surface area contributed by atoms with Crippen LogP contribution in [0.15, 0.2) is 60.9 Å². The SMILES string of the molecule is O=C(NCc1ccccc1F)c1cncc(Nc2cc(Cl)ccc2Cl)c1. The van der Waals surface area contributed by atoms with E-state index in [0.717, 1.165) is 0 Å². The smallest absolute Gasteiger partial charge is 0.253 e. The van der Waals surface area contributed by atoms with Crippen LogP contribution in [-0.4, -0.2) is 10.9 Å². The van der Waals surface area contributed by atoms with E-state index in [-0.39, 0.29) is 18.3 Å². The molecule has 2 N–H and O–H groups in total. The second kappa shape index (κ2) is 8.17. The average Bonchev–Trinajstić information content (AvgIpc) is 2.64. The molecular weight excluding hydrogens is 376 g/mol. The third-order valence-electron chi connectivity index (χ3n) is 3.61. The number of amides is 1. The van der Waals surface area contributed by atoms with Gasteiger partial charge in [0.2, 0.25) is 0 Å². The third kappa shape index (κ3) is 4.50. The minimum absolute atomic E-state index is 0.0866. The Labute approximate surface area is 160 Å². The van der Waals surface area contributed by atoms with Crippen molar-refractivity contribution in [3.63, 3.8) is 0 Å². The van der Waals surface area contributed by atoms with Gasteiger partial charge >= 0.3 is 0 Å². The first-order chi connectivity index (χ1) is 12.5. The Bertz CT molecular complexity index is 950. The number of hydrogen-bond acceptors (Lipinski definition) is 3. The van der Waals surface area contributed by atoms with E-state index < -0.39 is 0 Å². The lowest BCUT2D eigenvalue weighted by Crippen LogP contribution is -2.23. The first-order valence-corrected chi connectivity index (χ1v) is 8.47. The molecule has 1 aromatic heterocycles. The molecule has 3 rings (SSSR count). The molecule has 0 fully saturated rings. The van der Waals surface area contributed by atoms with Crippen LogP contribution in [0.25, 0.3) is 0 Å². The minimum Gasteiger partial charge on any atom is -0.353 e. The van der Waals surface area contributed by atoms with Crippen molar-refractivity contribution in [2.24, 2.45) is 0 Å². The van der Waals surface area contributed by atoms with Gasteiger partial charge in [0.25, 0.3) is 5.91 Å². The van der Waals surface area contributed by atoms with Crippen LogP contribution in [0.3, 0.4) is 0 Å². The largest absolute Gasteiger partial charge is 0.353 e. The second-order valence-electron chi connectivity index (χ2n) is 5.49. The molecule has 0 saturated carbocycles. The van der Waals surface area contributed by atoms with Gasteiger partial charge in [-0.05, 0) is 30.3 Å². The van der Waals surface area contributed by atoms with Gasteiger partial charge in [0.15, 0.2) is 0 Å². The third-order valence-corrected chi connectivity index (χ3v) is 4.17. The van der Waals surface area contributed by atoms with Crippen molar-refractivity contribution in [1.29, 1.82) is 0 Å². The van der Waals surface area contributed by atoms with Gasteiger partial charge in [0.1, 0.15) is 5.82 Å². The number of anilines is 2. The van der Waals surface area contributed by atoms with Crippen molar-refractivity contribution in [2.45, 2.75) is 6.54 Å². The number of aromatic nitrogens is 1. The molecule has 0 aliphatic rings. The van der Waals surface area contributed by atoms with E-state index in [9.17, 15) is 9.18 Å². The topological polar surface area (TPSA) is 54.0 Å². The zero-order valence-corrected chi connectivity index (χ0v) is 15.0. The highest BCUT2D eigenvalue weighted by Gasteiger charge is 2.09. The predicted octanol–water partition coefficient (Wildman–Crippen LogP) is 5.20. The maximum absolute atomic E-state index is 13.6. The van der Waals surface area contributed by atoms with Gasteiger partial charge in [-0.25, -0.2) is 4.39 Å². The van der Waals surface area contributed by atoms with Gasteiger partial charge in [-0.15, -0.1) is 0 Å². The van der Waals surface area contributed by atoms with Crippen LogP contribution < -0.4 is 10.6 Å². The molecule has 0 aliphatic carbocycles. The first kappa shape index (κ1) is 18.2. The summed E-state index contributed by atoms with van der Waals surface area (Å²) in [6.45, 7) is 0.0866. The lowest BCUT2D eigenvalue weighted by molar-refractivity contribution is 0.0950. The summed E-state index contributed by atoms with van der Waals surface area (Å²) in [6, 6.07) is 12.9. The van der Waals surface area contributed by atoms with E-state index in [1.54, 1.807) is 48.7 Å². The maximum atomic E-state index is 13.6. The van der Waals surface area contributed by atoms with Gasteiger partial charge in [-0.2, -0.15) is 0 Å². The molecule has 4 nitrogen and oxygen atoms in total. The molecule has 132 valence electrons. The van der Waals surface area contributed by atoms with E-state index >= 15 is 0 Å². The van der Waals surface area contributed by atoms with Crippen molar-refractivity contribution < 1.29 is 9.18 Å². The molecule has 0 saturated heterocycles. The van der Waals surface area contributed by atoms with Crippen LogP contribution in [0.2, 0.25) is 10.0 Å². The molecule has 0 unspecified atom stereocenters. The fourth-order valence-electron chi connectivity index (χ4n) is 2.30. The van der Waals surface area contributed by atoms with Crippen molar-refractivity contribution in [3.8, 4) is 0 Å². The van der Waals surface area contributed by atoms with Gasteiger partial charge in [-0.3, -0.25) is 9.78 Å². The number of nitrogens with one attached hydrogen (secondary N) is 2. The van der Waals surface area contributed by atoms with Crippen molar-refractivity contribution >= 4 is 40.5 Å². The molecule has 7 heteroatoms. The molecule has 0 radical (unpaired) electrons. The Hall–Kier alpha value is -2.63. The Kier molecular flexibility index (Phi) is 5.71. The van der Waals surface area contributed by atoms with Gasteiger partial charge in [0, 0.05) is 23.3 Å². The van der Waals surface area contributed by atoms with E-state index in [0.29, 0.717) is 32.5 Å². The lowest BCUT2D eigenvalue weighted by atomic mass is 10.2. The Morgan fingerprint density at radius 3 is 2.69 bits per heavy atom. The number of rotatable bonds is 5. The normalized spacial score (nSPS) is 10.4. The Balaban J connectivity index is 1.71. The van der Waals surface area contributed by atoms with E-state index in [2.05, 4.69) is 15.6 Å². The van der Waals surface area contributed by atoms with Crippen molar-refractivity contribution in [3.05, 3.63) is 87.9 Å². The quantitative estimate of drug-likeness (QED) is 0.630. The highest BCUT2D eigenvalue weighted by atomic mass is 35.5. The number of halogens is 3. The molecule has 0 aliphatic heterocycles. The molecule has 2 aromatic carbocycles. The monoisotopic (exact) mass is 389 g/mol. The van der Waals surface area contributed by atoms with Gasteiger partial charge in [0.05, 0.1) is 28.2 Å². The predicted molar refractivity (Wildman–Crippen MR) is 102 cm³/mol. The molecule has 0 atom stereocenters. The summed E-state index contributed by atoms with van der Waals surface area (Å²) >= 11 is 12.1. The number of carbonyl (C=O) groups is 1. The zero-order chi connectivity index (χ0) is 18.5. The van der Waals surface area contributed by atoms with Crippen LogP contribution in [0, 0.1) is 5.82 Å². The molecule has 26 heavy (non-hydrogen) atoms. The summed E-state index contributed by atoms with van der Waals surface area (Å²) in [6.07, 6.45) is 2.99. The summed E-state index contributed by atoms with van der Waals surface area (Å²) < 4.78 is 13.6. The van der Waals surface area contributed by atoms with E-state index in [1.165, 1.54) is 12.3 Å². The fraction of sp³-hybridized carbons (Fsp3) is 0.0526. The zero-order valence-electron chi connectivity index (χ0n) is 13.5. The summed E-state index contributed by atoms with van der Waals surface area (Å²) in [5.74, 6) is -0.724. The van der Waals surface area contributed by atoms with E-state index in [4.69, 9.17) is 23.2 Å². The standard InChI is InChI=1S/C19H14Cl2FN3O/c20-14-5-6-16(21)18(8-14)25-15-7-13(9-23-11-15)19(26)24-10-12-3-1-2-4-17(12)22/h1-9,11,25H,10H2,(H,24,26). The molecular formula is C19H14Cl2FN3O. The summed E-state index contributed by atoms with van der Waals surface area (Å²) in [7, 11) is 0. The van der Waals surface area contributed by atoms with Crippen LogP contribution >= 0.6 is 23.2 Å². The Morgan fingerprint density at radius 1 is 1.08 bits per heavy atom. The molecule has 0 bridgehead atoms. The van der Waals surface area contributed by atoms with Crippen LogP contribution in [-0.2, 0) is 6.54 Å². The van der Waals surface area contributed by atoms with Crippen molar-refractivity contribution in [2.75, 3.05) is 5.32 Å². The molecule has 1 amide bonds. The van der Waals surface area contributed by atoms with Crippen LogP contribution in [0.1, 0.15) is 15.9 Å². The lowest BCUT2D eigenvalue weighted by Gasteiger charge is -2.10. The van der Waals surface area contributed by atoms with E-state index in [1.807, 2.05) is 0 Å².